The number of rotatable bonds is 6. The van der Waals surface area contributed by atoms with E-state index in [1.165, 1.54) is 4.88 Å². The summed E-state index contributed by atoms with van der Waals surface area (Å²) in [5.74, 6) is -0.451. The van der Waals surface area contributed by atoms with Crippen molar-refractivity contribution >= 4 is 31.0 Å². The molecule has 0 aliphatic carbocycles. The Morgan fingerprint density at radius 1 is 1.16 bits per heavy atom. The van der Waals surface area contributed by atoms with Gasteiger partial charge < -0.3 is 5.32 Å². The third-order valence-electron chi connectivity index (χ3n) is 4.41. The monoisotopic (exact) mass is 399 g/mol. The zero-order valence-electron chi connectivity index (χ0n) is 13.9. The van der Waals surface area contributed by atoms with E-state index in [1.54, 1.807) is 35.6 Å². The molecule has 136 valence electrons. The lowest BCUT2D eigenvalue weighted by molar-refractivity contribution is 0.529. The minimum absolute atomic E-state index is 0.132. The normalized spacial score (nSPS) is 22.9. The quantitative estimate of drug-likeness (QED) is 0.802. The highest BCUT2D eigenvalue weighted by Gasteiger charge is 2.45. The molecule has 1 aromatic heterocycles. The molecule has 0 bridgehead atoms. The number of thiophene rings is 1. The summed E-state index contributed by atoms with van der Waals surface area (Å²) in [6, 6.07) is 9.97. The summed E-state index contributed by atoms with van der Waals surface area (Å²) in [5.41, 5.74) is 0.962. The van der Waals surface area contributed by atoms with Gasteiger partial charge in [0, 0.05) is 17.5 Å². The van der Waals surface area contributed by atoms with Crippen molar-refractivity contribution in [2.45, 2.75) is 29.5 Å². The van der Waals surface area contributed by atoms with E-state index in [1.807, 2.05) is 24.4 Å². The van der Waals surface area contributed by atoms with Gasteiger partial charge in [-0.25, -0.2) is 16.8 Å². The molecule has 5 nitrogen and oxygen atoms in total. The Bertz CT molecular complexity index is 917. The maximum Gasteiger partial charge on any atom is 0.183 e. The van der Waals surface area contributed by atoms with Gasteiger partial charge in [0.15, 0.2) is 19.7 Å². The van der Waals surface area contributed by atoms with Crippen LogP contribution >= 0.6 is 11.3 Å². The van der Waals surface area contributed by atoms with Crippen molar-refractivity contribution in [1.29, 1.82) is 0 Å². The van der Waals surface area contributed by atoms with Crippen LogP contribution in [-0.2, 0) is 26.1 Å². The number of hydrogen-bond donors (Lipinski definition) is 1. The van der Waals surface area contributed by atoms with E-state index in [0.29, 0.717) is 6.54 Å². The van der Waals surface area contributed by atoms with Crippen molar-refractivity contribution in [2.75, 3.05) is 18.1 Å². The fraction of sp³-hybridized carbons (Fsp3) is 0.412. The standard InChI is InChI=1S/C17H21NO4S3/c1-13-4-6-15(7-5-13)25(21,22)17-12-24(19,20)11-16(17)18-9-8-14-3-2-10-23-14/h2-7,10,16-18H,8-9,11-12H2,1H3/t16-,17-/m1/s1. The zero-order valence-corrected chi connectivity index (χ0v) is 16.3. The lowest BCUT2D eigenvalue weighted by atomic mass is 10.2. The summed E-state index contributed by atoms with van der Waals surface area (Å²) in [6.45, 7) is 2.44. The highest BCUT2D eigenvalue weighted by molar-refractivity contribution is 7.96. The van der Waals surface area contributed by atoms with Gasteiger partial charge in [-0.2, -0.15) is 0 Å². The van der Waals surface area contributed by atoms with Crippen molar-refractivity contribution in [3.8, 4) is 0 Å². The van der Waals surface area contributed by atoms with Crippen LogP contribution in [0.25, 0.3) is 0 Å². The fourth-order valence-corrected chi connectivity index (χ4v) is 8.48. The van der Waals surface area contributed by atoms with Gasteiger partial charge in [0.05, 0.1) is 21.7 Å². The van der Waals surface area contributed by atoms with Gasteiger partial charge in [0.1, 0.15) is 0 Å². The number of sulfone groups is 2. The topological polar surface area (TPSA) is 80.3 Å². The lowest BCUT2D eigenvalue weighted by Gasteiger charge is -2.20. The molecular weight excluding hydrogens is 378 g/mol. The minimum atomic E-state index is -3.70. The summed E-state index contributed by atoms with van der Waals surface area (Å²) >= 11 is 1.63. The number of hydrogen-bond acceptors (Lipinski definition) is 6. The number of nitrogens with one attached hydrogen (secondary N) is 1. The van der Waals surface area contributed by atoms with E-state index in [0.717, 1.165) is 12.0 Å². The van der Waals surface area contributed by atoms with Crippen LogP contribution in [0.4, 0.5) is 0 Å². The molecule has 3 rings (SSSR count). The molecule has 2 atom stereocenters. The molecule has 8 heteroatoms. The van der Waals surface area contributed by atoms with Crippen LogP contribution in [0.2, 0.25) is 0 Å². The Kier molecular flexibility index (Phi) is 5.34. The predicted molar refractivity (Wildman–Crippen MR) is 101 cm³/mol. The molecule has 0 amide bonds. The van der Waals surface area contributed by atoms with Crippen LogP contribution in [-0.4, -0.2) is 46.2 Å². The second kappa shape index (κ2) is 7.19. The van der Waals surface area contributed by atoms with E-state index < -0.39 is 31.0 Å². The first-order valence-electron chi connectivity index (χ1n) is 8.05. The third-order valence-corrected chi connectivity index (χ3v) is 9.51. The molecule has 1 fully saturated rings. The zero-order chi connectivity index (χ0) is 18.1. The summed E-state index contributed by atoms with van der Waals surface area (Å²) in [7, 11) is -7.07. The second-order valence-electron chi connectivity index (χ2n) is 6.36. The van der Waals surface area contributed by atoms with Gasteiger partial charge in [-0.3, -0.25) is 0 Å². The molecule has 25 heavy (non-hydrogen) atoms. The molecule has 1 N–H and O–H groups in total. The van der Waals surface area contributed by atoms with Crippen LogP contribution in [0.5, 0.6) is 0 Å². The molecule has 1 aromatic carbocycles. The molecule has 2 heterocycles. The van der Waals surface area contributed by atoms with Gasteiger partial charge in [0.25, 0.3) is 0 Å². The van der Waals surface area contributed by atoms with Gasteiger partial charge in [-0.1, -0.05) is 23.8 Å². The Labute approximate surface area is 152 Å². The summed E-state index contributed by atoms with van der Waals surface area (Å²) in [6.07, 6.45) is 0.755. The van der Waals surface area contributed by atoms with Crippen molar-refractivity contribution in [2.24, 2.45) is 0 Å². The average Bonchev–Trinajstić information content (AvgIpc) is 3.15. The molecule has 1 aliphatic heterocycles. The van der Waals surface area contributed by atoms with Gasteiger partial charge in [0.2, 0.25) is 0 Å². The predicted octanol–water partition coefficient (Wildman–Crippen LogP) is 1.83. The SMILES string of the molecule is Cc1ccc(S(=O)(=O)[C@@H]2CS(=O)(=O)C[C@H]2NCCc2cccs2)cc1. The van der Waals surface area contributed by atoms with E-state index >= 15 is 0 Å². The largest absolute Gasteiger partial charge is 0.311 e. The lowest BCUT2D eigenvalue weighted by Crippen LogP contribution is -2.44. The van der Waals surface area contributed by atoms with Crippen LogP contribution in [0.3, 0.4) is 0 Å². The maximum atomic E-state index is 12.9. The average molecular weight is 400 g/mol. The molecular formula is C17H21NO4S3. The Morgan fingerprint density at radius 2 is 1.88 bits per heavy atom. The molecule has 1 aliphatic rings. The third kappa shape index (κ3) is 4.31. The molecule has 0 unspecified atom stereocenters. The Balaban J connectivity index is 1.77. The highest BCUT2D eigenvalue weighted by Crippen LogP contribution is 2.26. The molecule has 0 saturated carbocycles. The van der Waals surface area contributed by atoms with E-state index in [-0.39, 0.29) is 16.4 Å². The molecule has 1 saturated heterocycles. The summed E-state index contributed by atoms with van der Waals surface area (Å²) in [5, 5.41) is 4.21. The van der Waals surface area contributed by atoms with Crippen molar-refractivity contribution < 1.29 is 16.8 Å². The smallest absolute Gasteiger partial charge is 0.183 e. The first kappa shape index (κ1) is 18.6. The summed E-state index contributed by atoms with van der Waals surface area (Å²) in [4.78, 5) is 1.37. The van der Waals surface area contributed by atoms with Gasteiger partial charge in [-0.15, -0.1) is 11.3 Å². The van der Waals surface area contributed by atoms with Crippen LogP contribution in [0, 0.1) is 6.92 Å². The highest BCUT2D eigenvalue weighted by atomic mass is 32.2. The van der Waals surface area contributed by atoms with E-state index in [2.05, 4.69) is 5.32 Å². The number of aryl methyl sites for hydroxylation is 1. The van der Waals surface area contributed by atoms with Crippen LogP contribution in [0.1, 0.15) is 10.4 Å². The molecule has 0 spiro atoms. The first-order chi connectivity index (χ1) is 11.8. The summed E-state index contributed by atoms with van der Waals surface area (Å²) < 4.78 is 50.0. The van der Waals surface area contributed by atoms with Crippen LogP contribution < -0.4 is 5.32 Å². The maximum absolute atomic E-state index is 12.9. The second-order valence-corrected chi connectivity index (χ2v) is 11.7. The van der Waals surface area contributed by atoms with Gasteiger partial charge in [-0.05, 0) is 36.9 Å². The Morgan fingerprint density at radius 3 is 2.52 bits per heavy atom. The van der Waals surface area contributed by atoms with Crippen molar-refractivity contribution in [3.63, 3.8) is 0 Å². The van der Waals surface area contributed by atoms with Gasteiger partial charge >= 0.3 is 0 Å². The molecule has 0 radical (unpaired) electrons. The number of benzene rings is 1. The van der Waals surface area contributed by atoms with Crippen molar-refractivity contribution in [1.82, 2.24) is 5.32 Å². The minimum Gasteiger partial charge on any atom is -0.311 e. The molecule has 2 aromatic rings. The Hall–Kier alpha value is -1.22. The first-order valence-corrected chi connectivity index (χ1v) is 12.3. The van der Waals surface area contributed by atoms with E-state index in [9.17, 15) is 16.8 Å². The van der Waals surface area contributed by atoms with Crippen LogP contribution in [0.15, 0.2) is 46.7 Å². The van der Waals surface area contributed by atoms with Crippen molar-refractivity contribution in [3.05, 3.63) is 52.2 Å². The fourth-order valence-electron chi connectivity index (χ4n) is 3.05. The van der Waals surface area contributed by atoms with E-state index in [4.69, 9.17) is 0 Å².